The second kappa shape index (κ2) is 6.40. The minimum atomic E-state index is -0.389. The zero-order valence-corrected chi connectivity index (χ0v) is 13.4. The lowest BCUT2D eigenvalue weighted by molar-refractivity contribution is -0.383. The van der Waals surface area contributed by atoms with Gasteiger partial charge in [0.1, 0.15) is 0 Å². The molecular formula is C16H19N5O3. The van der Waals surface area contributed by atoms with E-state index in [1.807, 2.05) is 11.8 Å². The van der Waals surface area contributed by atoms with Gasteiger partial charge in [-0.1, -0.05) is 0 Å². The lowest BCUT2D eigenvalue weighted by Gasteiger charge is -2.38. The van der Waals surface area contributed by atoms with E-state index >= 15 is 0 Å². The number of hydrogen-bond acceptors (Lipinski definition) is 6. The van der Waals surface area contributed by atoms with E-state index in [4.69, 9.17) is 5.73 Å². The molecule has 24 heavy (non-hydrogen) atoms. The fourth-order valence-corrected chi connectivity index (χ4v) is 3.12. The number of carbonyl (C=O) groups is 1. The number of non-ortho nitro benzene ring substituents is 1. The number of nitro groups is 1. The Balaban J connectivity index is 1.88. The van der Waals surface area contributed by atoms with Crippen LogP contribution in [0.15, 0.2) is 30.6 Å². The largest absolute Gasteiger partial charge is 0.368 e. The van der Waals surface area contributed by atoms with Gasteiger partial charge < -0.3 is 10.6 Å². The van der Waals surface area contributed by atoms with Crippen molar-refractivity contribution < 1.29 is 9.72 Å². The molecule has 8 heteroatoms. The molecule has 8 nitrogen and oxygen atoms in total. The Hall–Kier alpha value is -2.74. The SMILES string of the molecule is C[C@H](C(N)=O)N1CCN(c2ccc([N+](=O)[O-])c3cnccc23)CC1. The molecule has 1 fully saturated rings. The first kappa shape index (κ1) is 16.1. The summed E-state index contributed by atoms with van der Waals surface area (Å²) in [5.41, 5.74) is 6.37. The number of amides is 1. The lowest BCUT2D eigenvalue weighted by Crippen LogP contribution is -2.53. The van der Waals surface area contributed by atoms with Gasteiger partial charge in [0, 0.05) is 55.7 Å². The van der Waals surface area contributed by atoms with Crippen LogP contribution in [0.4, 0.5) is 11.4 Å². The van der Waals surface area contributed by atoms with E-state index < -0.39 is 0 Å². The zero-order chi connectivity index (χ0) is 17.3. The van der Waals surface area contributed by atoms with E-state index in [1.165, 1.54) is 12.3 Å². The van der Waals surface area contributed by atoms with Crippen LogP contribution in [0.5, 0.6) is 0 Å². The molecule has 0 spiro atoms. The van der Waals surface area contributed by atoms with E-state index in [2.05, 4.69) is 9.88 Å². The molecule has 1 amide bonds. The maximum absolute atomic E-state index is 11.3. The third-order valence-electron chi connectivity index (χ3n) is 4.58. The first-order chi connectivity index (χ1) is 11.5. The predicted molar refractivity (Wildman–Crippen MR) is 90.8 cm³/mol. The van der Waals surface area contributed by atoms with E-state index in [0.717, 1.165) is 24.2 Å². The van der Waals surface area contributed by atoms with E-state index in [0.29, 0.717) is 18.5 Å². The number of nitrogens with zero attached hydrogens (tertiary/aromatic N) is 4. The highest BCUT2D eigenvalue weighted by Gasteiger charge is 2.25. The van der Waals surface area contributed by atoms with Gasteiger partial charge in [0.05, 0.1) is 16.4 Å². The lowest BCUT2D eigenvalue weighted by atomic mass is 10.1. The van der Waals surface area contributed by atoms with Gasteiger partial charge in [-0.05, 0) is 19.1 Å². The molecule has 2 heterocycles. The smallest absolute Gasteiger partial charge is 0.278 e. The second-order valence-electron chi connectivity index (χ2n) is 5.88. The number of pyridine rings is 1. The molecule has 1 aromatic carbocycles. The Morgan fingerprint density at radius 1 is 1.25 bits per heavy atom. The highest BCUT2D eigenvalue weighted by molar-refractivity contribution is 5.99. The number of primary amides is 1. The molecule has 0 aliphatic carbocycles. The second-order valence-corrected chi connectivity index (χ2v) is 5.88. The number of hydrogen-bond donors (Lipinski definition) is 1. The van der Waals surface area contributed by atoms with Crippen LogP contribution >= 0.6 is 0 Å². The molecule has 1 aliphatic rings. The maximum atomic E-state index is 11.3. The number of rotatable bonds is 4. The third kappa shape index (κ3) is 2.88. The highest BCUT2D eigenvalue weighted by atomic mass is 16.6. The quantitative estimate of drug-likeness (QED) is 0.666. The average Bonchev–Trinajstić information content (AvgIpc) is 2.60. The first-order valence-corrected chi connectivity index (χ1v) is 7.78. The van der Waals surface area contributed by atoms with Crippen molar-refractivity contribution in [3.8, 4) is 0 Å². The van der Waals surface area contributed by atoms with Crippen molar-refractivity contribution in [2.24, 2.45) is 5.73 Å². The Bertz CT molecular complexity index is 786. The van der Waals surface area contributed by atoms with E-state index in [1.54, 1.807) is 18.3 Å². The van der Waals surface area contributed by atoms with Crippen LogP contribution in [0.3, 0.4) is 0 Å². The summed E-state index contributed by atoms with van der Waals surface area (Å²) in [6.45, 7) is 4.70. The monoisotopic (exact) mass is 329 g/mol. The first-order valence-electron chi connectivity index (χ1n) is 7.78. The molecule has 1 aromatic heterocycles. The minimum absolute atomic E-state index is 0.0582. The number of benzene rings is 1. The van der Waals surface area contributed by atoms with Gasteiger partial charge in [0.15, 0.2) is 0 Å². The van der Waals surface area contributed by atoms with Crippen LogP contribution in [0, 0.1) is 10.1 Å². The van der Waals surface area contributed by atoms with E-state index in [-0.39, 0.29) is 22.6 Å². The van der Waals surface area contributed by atoms with Crippen molar-refractivity contribution in [2.45, 2.75) is 13.0 Å². The van der Waals surface area contributed by atoms with Gasteiger partial charge in [0.25, 0.3) is 5.69 Å². The van der Waals surface area contributed by atoms with Gasteiger partial charge in [-0.3, -0.25) is 24.8 Å². The van der Waals surface area contributed by atoms with Gasteiger partial charge in [-0.15, -0.1) is 0 Å². The highest BCUT2D eigenvalue weighted by Crippen LogP contribution is 2.33. The average molecular weight is 329 g/mol. The summed E-state index contributed by atoms with van der Waals surface area (Å²) in [5.74, 6) is -0.324. The van der Waals surface area contributed by atoms with Crippen LogP contribution in [-0.2, 0) is 4.79 Å². The van der Waals surface area contributed by atoms with Crippen LogP contribution in [0.1, 0.15) is 6.92 Å². The van der Waals surface area contributed by atoms with Gasteiger partial charge in [-0.25, -0.2) is 0 Å². The number of nitrogens with two attached hydrogens (primary N) is 1. The number of nitro benzene ring substituents is 1. The number of anilines is 1. The van der Waals surface area contributed by atoms with E-state index in [9.17, 15) is 14.9 Å². The molecule has 1 atom stereocenters. The molecule has 0 saturated carbocycles. The molecule has 0 radical (unpaired) electrons. The summed E-state index contributed by atoms with van der Waals surface area (Å²) < 4.78 is 0. The molecule has 3 rings (SSSR count). The summed E-state index contributed by atoms with van der Waals surface area (Å²) >= 11 is 0. The van der Waals surface area contributed by atoms with Gasteiger partial charge >= 0.3 is 0 Å². The van der Waals surface area contributed by atoms with Gasteiger partial charge in [0.2, 0.25) is 5.91 Å². The van der Waals surface area contributed by atoms with Crippen molar-refractivity contribution in [1.82, 2.24) is 9.88 Å². The molecule has 0 bridgehead atoms. The molecule has 1 aliphatic heterocycles. The molecule has 2 N–H and O–H groups in total. The normalized spacial score (nSPS) is 17.0. The standard InChI is InChI=1S/C16H19N5O3/c1-11(16(17)22)19-6-8-20(9-7-19)14-2-3-15(21(23)24)13-10-18-5-4-12(13)14/h2-5,10-11H,6-9H2,1H3,(H2,17,22)/t11-/m1/s1. The summed E-state index contributed by atoms with van der Waals surface area (Å²) in [4.78, 5) is 30.4. The Kier molecular flexibility index (Phi) is 4.30. The maximum Gasteiger partial charge on any atom is 0.278 e. The Morgan fingerprint density at radius 3 is 2.58 bits per heavy atom. The van der Waals surface area contributed by atoms with Crippen molar-refractivity contribution in [2.75, 3.05) is 31.1 Å². The molecule has 2 aromatic rings. The summed E-state index contributed by atoms with van der Waals surface area (Å²) in [5, 5.41) is 12.5. The van der Waals surface area contributed by atoms with Crippen LogP contribution in [-0.4, -0.2) is 52.9 Å². The van der Waals surface area contributed by atoms with Crippen LogP contribution < -0.4 is 10.6 Å². The van der Waals surface area contributed by atoms with Gasteiger partial charge in [-0.2, -0.15) is 0 Å². The topological polar surface area (TPSA) is 106 Å². The number of carbonyl (C=O) groups excluding carboxylic acids is 1. The number of fused-ring (bicyclic) bond motifs is 1. The molecular weight excluding hydrogens is 310 g/mol. The van der Waals surface area contributed by atoms with Crippen molar-refractivity contribution in [1.29, 1.82) is 0 Å². The van der Waals surface area contributed by atoms with Crippen molar-refractivity contribution in [3.63, 3.8) is 0 Å². The van der Waals surface area contributed by atoms with Crippen LogP contribution in [0.25, 0.3) is 10.8 Å². The minimum Gasteiger partial charge on any atom is -0.368 e. The Labute approximate surface area is 139 Å². The number of aromatic nitrogens is 1. The van der Waals surface area contributed by atoms with Crippen molar-refractivity contribution >= 4 is 28.1 Å². The molecule has 126 valence electrons. The zero-order valence-electron chi connectivity index (χ0n) is 13.4. The van der Waals surface area contributed by atoms with Crippen LogP contribution in [0.2, 0.25) is 0 Å². The summed E-state index contributed by atoms with van der Waals surface area (Å²) in [6, 6.07) is 4.83. The fraction of sp³-hybridized carbons (Fsp3) is 0.375. The summed E-state index contributed by atoms with van der Waals surface area (Å²) in [6.07, 6.45) is 3.17. The number of piperazine rings is 1. The molecule has 0 unspecified atom stereocenters. The van der Waals surface area contributed by atoms with Crippen molar-refractivity contribution in [3.05, 3.63) is 40.7 Å². The predicted octanol–water partition coefficient (Wildman–Crippen LogP) is 1.14. The third-order valence-corrected chi connectivity index (χ3v) is 4.58. The molecule has 1 saturated heterocycles. The Morgan fingerprint density at radius 2 is 1.96 bits per heavy atom. The fourth-order valence-electron chi connectivity index (χ4n) is 3.12. The summed E-state index contributed by atoms with van der Waals surface area (Å²) in [7, 11) is 0.